The van der Waals surface area contributed by atoms with E-state index in [9.17, 15) is 4.79 Å². The van der Waals surface area contributed by atoms with E-state index in [-0.39, 0.29) is 0 Å². The fourth-order valence-electron chi connectivity index (χ4n) is 1.94. The molecule has 3 rings (SSSR count). The number of urea groups is 1. The van der Waals surface area contributed by atoms with Crippen molar-refractivity contribution in [3.63, 3.8) is 0 Å². The summed E-state index contributed by atoms with van der Waals surface area (Å²) in [5.41, 5.74) is 2.85. The Morgan fingerprint density at radius 1 is 1.04 bits per heavy atom. The first-order chi connectivity index (χ1) is 12.6. The molecule has 2 N–H and O–H groups in total. The van der Waals surface area contributed by atoms with Gasteiger partial charge in [-0.15, -0.1) is 0 Å². The monoisotopic (exact) mass is 405 g/mol. The van der Waals surface area contributed by atoms with Gasteiger partial charge in [0.1, 0.15) is 5.76 Å². The molecule has 0 aliphatic heterocycles. The van der Waals surface area contributed by atoms with Gasteiger partial charge in [0.2, 0.25) is 0 Å². The molecule has 0 saturated carbocycles. The predicted molar refractivity (Wildman–Crippen MR) is 105 cm³/mol. The van der Waals surface area contributed by atoms with E-state index in [1.165, 1.54) is 18.0 Å². The molecule has 0 aliphatic carbocycles. The third kappa shape index (κ3) is 5.29. The number of hydrogen-bond acceptors (Lipinski definition) is 4. The number of halogens is 2. The molecule has 0 bridgehead atoms. The van der Waals surface area contributed by atoms with Crippen LogP contribution in [0.2, 0.25) is 10.0 Å². The van der Waals surface area contributed by atoms with E-state index in [2.05, 4.69) is 15.8 Å². The lowest BCUT2D eigenvalue weighted by Gasteiger charge is -2.05. The Balaban J connectivity index is 1.52. The summed E-state index contributed by atoms with van der Waals surface area (Å²) in [6.07, 6.45) is 1.41. The molecule has 0 aliphatic rings. The summed E-state index contributed by atoms with van der Waals surface area (Å²) in [6, 6.07) is 17.5. The molecule has 0 fully saturated rings. The van der Waals surface area contributed by atoms with E-state index in [1.54, 1.807) is 30.3 Å². The number of furan rings is 1. The van der Waals surface area contributed by atoms with Crippen LogP contribution in [0, 0.1) is 0 Å². The third-order valence-corrected chi connectivity index (χ3v) is 4.62. The number of para-hydroxylation sites is 1. The molecule has 1 aromatic heterocycles. The molecular weight excluding hydrogens is 393 g/mol. The molecule has 0 unspecified atom stereocenters. The summed E-state index contributed by atoms with van der Waals surface area (Å²) in [7, 11) is 0. The molecule has 0 saturated heterocycles. The Labute approximate surface area is 164 Å². The van der Waals surface area contributed by atoms with Crippen LogP contribution in [0.3, 0.4) is 0 Å². The van der Waals surface area contributed by atoms with Crippen LogP contribution < -0.4 is 10.7 Å². The van der Waals surface area contributed by atoms with Gasteiger partial charge in [-0.1, -0.05) is 47.1 Å². The Hall–Kier alpha value is -2.41. The number of anilines is 1. The van der Waals surface area contributed by atoms with Crippen LogP contribution >= 0.6 is 35.0 Å². The van der Waals surface area contributed by atoms with Crippen molar-refractivity contribution in [2.24, 2.45) is 5.10 Å². The SMILES string of the molecule is O=C(N/N=C/c1ccc(Sc2ccc(Cl)cc2)o1)Nc1ccccc1Cl. The van der Waals surface area contributed by atoms with Crippen molar-refractivity contribution < 1.29 is 9.21 Å². The highest BCUT2D eigenvalue weighted by atomic mass is 35.5. The molecule has 26 heavy (non-hydrogen) atoms. The summed E-state index contributed by atoms with van der Waals surface area (Å²) >= 11 is 13.3. The molecule has 0 atom stereocenters. The van der Waals surface area contributed by atoms with Gasteiger partial charge in [-0.25, -0.2) is 10.2 Å². The van der Waals surface area contributed by atoms with Crippen molar-refractivity contribution in [2.45, 2.75) is 9.99 Å². The van der Waals surface area contributed by atoms with Gasteiger partial charge in [0.15, 0.2) is 5.09 Å². The van der Waals surface area contributed by atoms with E-state index in [0.29, 0.717) is 26.6 Å². The Bertz CT molecular complexity index is 926. The van der Waals surface area contributed by atoms with Gasteiger partial charge in [0, 0.05) is 9.92 Å². The minimum absolute atomic E-state index is 0.446. The Morgan fingerprint density at radius 2 is 1.81 bits per heavy atom. The summed E-state index contributed by atoms with van der Waals surface area (Å²) in [5, 5.41) is 8.28. The van der Waals surface area contributed by atoms with E-state index in [0.717, 1.165) is 4.90 Å². The molecule has 132 valence electrons. The number of nitrogens with zero attached hydrogens (tertiary/aromatic N) is 1. The number of carbonyl (C=O) groups is 1. The number of hydrazone groups is 1. The lowest BCUT2D eigenvalue weighted by atomic mass is 10.3. The van der Waals surface area contributed by atoms with Crippen LogP contribution in [0.25, 0.3) is 0 Å². The fraction of sp³-hybridized carbons (Fsp3) is 0. The number of hydrogen-bond donors (Lipinski definition) is 2. The highest BCUT2D eigenvalue weighted by molar-refractivity contribution is 7.99. The lowest BCUT2D eigenvalue weighted by molar-refractivity contribution is 0.252. The highest BCUT2D eigenvalue weighted by Gasteiger charge is 2.05. The molecule has 1 heterocycles. The zero-order chi connectivity index (χ0) is 18.4. The van der Waals surface area contributed by atoms with Crippen molar-refractivity contribution in [1.29, 1.82) is 0 Å². The van der Waals surface area contributed by atoms with Crippen LogP contribution in [0.4, 0.5) is 10.5 Å². The maximum atomic E-state index is 11.8. The quantitative estimate of drug-likeness (QED) is 0.410. The predicted octanol–water partition coefficient (Wildman–Crippen LogP) is 5.89. The van der Waals surface area contributed by atoms with Crippen molar-refractivity contribution in [2.75, 3.05) is 5.32 Å². The smallest absolute Gasteiger partial charge is 0.339 e. The lowest BCUT2D eigenvalue weighted by Crippen LogP contribution is -2.24. The number of benzene rings is 2. The number of nitrogens with one attached hydrogen (secondary N) is 2. The van der Waals surface area contributed by atoms with Crippen LogP contribution in [-0.2, 0) is 0 Å². The Kier molecular flexibility index (Phi) is 6.22. The normalized spacial score (nSPS) is 10.8. The third-order valence-electron chi connectivity index (χ3n) is 3.11. The summed E-state index contributed by atoms with van der Waals surface area (Å²) in [6.45, 7) is 0. The molecule has 2 aromatic carbocycles. The van der Waals surface area contributed by atoms with Gasteiger partial charge >= 0.3 is 6.03 Å². The van der Waals surface area contributed by atoms with E-state index in [1.807, 2.05) is 30.3 Å². The van der Waals surface area contributed by atoms with E-state index < -0.39 is 6.03 Å². The second-order valence-corrected chi connectivity index (χ2v) is 6.94. The van der Waals surface area contributed by atoms with E-state index >= 15 is 0 Å². The van der Waals surface area contributed by atoms with Crippen molar-refractivity contribution in [3.8, 4) is 0 Å². The average Bonchev–Trinajstić information content (AvgIpc) is 3.06. The Morgan fingerprint density at radius 3 is 2.58 bits per heavy atom. The number of rotatable bonds is 5. The van der Waals surface area contributed by atoms with Crippen LogP contribution in [0.1, 0.15) is 5.76 Å². The largest absolute Gasteiger partial charge is 0.448 e. The maximum absolute atomic E-state index is 11.8. The summed E-state index contributed by atoms with van der Waals surface area (Å²) < 4.78 is 5.62. The molecule has 0 spiro atoms. The van der Waals surface area contributed by atoms with Gasteiger partial charge in [-0.05, 0) is 48.5 Å². The van der Waals surface area contributed by atoms with Crippen molar-refractivity contribution >= 4 is 52.9 Å². The minimum atomic E-state index is -0.503. The first-order valence-corrected chi connectivity index (χ1v) is 9.05. The van der Waals surface area contributed by atoms with Crippen LogP contribution in [0.15, 0.2) is 80.2 Å². The summed E-state index contributed by atoms with van der Waals surface area (Å²) in [5.74, 6) is 0.513. The van der Waals surface area contributed by atoms with Gasteiger partial charge in [-0.2, -0.15) is 5.10 Å². The summed E-state index contributed by atoms with van der Waals surface area (Å²) in [4.78, 5) is 12.8. The second-order valence-electron chi connectivity index (χ2n) is 5.02. The zero-order valence-electron chi connectivity index (χ0n) is 13.3. The molecule has 5 nitrogen and oxygen atoms in total. The van der Waals surface area contributed by atoms with Gasteiger partial charge in [0.25, 0.3) is 0 Å². The molecule has 8 heteroatoms. The van der Waals surface area contributed by atoms with Crippen LogP contribution in [0.5, 0.6) is 0 Å². The molecule has 0 radical (unpaired) electrons. The second kappa shape index (κ2) is 8.80. The molecular formula is C18H13Cl2N3O2S. The highest BCUT2D eigenvalue weighted by Crippen LogP contribution is 2.29. The van der Waals surface area contributed by atoms with Gasteiger partial charge < -0.3 is 9.73 Å². The minimum Gasteiger partial charge on any atom is -0.448 e. The zero-order valence-corrected chi connectivity index (χ0v) is 15.6. The first-order valence-electron chi connectivity index (χ1n) is 7.48. The standard InChI is InChI=1S/C18H13Cl2N3O2S/c19-12-5-8-14(9-6-12)26-17-10-7-13(25-17)11-21-23-18(24)22-16-4-2-1-3-15(16)20/h1-11H,(H2,22,23,24)/b21-11+. The average molecular weight is 406 g/mol. The molecule has 2 amide bonds. The number of amides is 2. The van der Waals surface area contributed by atoms with Crippen molar-refractivity contribution in [3.05, 3.63) is 76.5 Å². The molecule has 3 aromatic rings. The van der Waals surface area contributed by atoms with Gasteiger partial charge in [0.05, 0.1) is 16.9 Å². The fourth-order valence-corrected chi connectivity index (χ4v) is 3.03. The topological polar surface area (TPSA) is 66.6 Å². The maximum Gasteiger partial charge on any atom is 0.339 e. The van der Waals surface area contributed by atoms with Crippen molar-refractivity contribution in [1.82, 2.24) is 5.43 Å². The van der Waals surface area contributed by atoms with Gasteiger partial charge in [-0.3, -0.25) is 0 Å². The van der Waals surface area contributed by atoms with Crippen LogP contribution in [-0.4, -0.2) is 12.2 Å². The number of carbonyl (C=O) groups excluding carboxylic acids is 1. The first kappa shape index (κ1) is 18.4. The van der Waals surface area contributed by atoms with E-state index in [4.69, 9.17) is 27.6 Å².